The van der Waals surface area contributed by atoms with E-state index in [9.17, 15) is 4.79 Å². The number of urea groups is 1. The molecule has 2 amide bonds. The second-order valence-electron chi connectivity index (χ2n) is 5.63. The van der Waals surface area contributed by atoms with E-state index in [-0.39, 0.29) is 12.1 Å². The quantitative estimate of drug-likeness (QED) is 0.760. The van der Waals surface area contributed by atoms with Gasteiger partial charge in [0.1, 0.15) is 0 Å². The van der Waals surface area contributed by atoms with Crippen LogP contribution in [0.4, 0.5) is 4.79 Å². The molecule has 4 nitrogen and oxygen atoms in total. The molecule has 0 bridgehead atoms. The lowest BCUT2D eigenvalue weighted by Crippen LogP contribution is -2.46. The van der Waals surface area contributed by atoms with Crippen LogP contribution in [0.5, 0.6) is 0 Å². The lowest BCUT2D eigenvalue weighted by molar-refractivity contribution is 0.0731. The molecular formula is C14H26N2O2. The predicted molar refractivity (Wildman–Crippen MR) is 71.6 cm³/mol. The van der Waals surface area contributed by atoms with Crippen LogP contribution in [0.25, 0.3) is 0 Å². The molecule has 2 rings (SSSR count). The largest absolute Gasteiger partial charge is 0.379 e. The molecule has 1 aliphatic carbocycles. The molecule has 0 spiro atoms. The molecule has 1 aliphatic heterocycles. The highest BCUT2D eigenvalue weighted by Gasteiger charge is 2.17. The first-order chi connectivity index (χ1) is 8.84. The minimum atomic E-state index is -0.0188. The fourth-order valence-electron chi connectivity index (χ4n) is 2.90. The van der Waals surface area contributed by atoms with Gasteiger partial charge in [-0.15, -0.1) is 0 Å². The smallest absolute Gasteiger partial charge is 0.315 e. The third-order valence-corrected chi connectivity index (χ3v) is 4.02. The van der Waals surface area contributed by atoms with Crippen LogP contribution in [0.15, 0.2) is 0 Å². The highest BCUT2D eigenvalue weighted by atomic mass is 16.5. The van der Waals surface area contributed by atoms with E-state index in [1.54, 1.807) is 0 Å². The maximum Gasteiger partial charge on any atom is 0.315 e. The molecule has 104 valence electrons. The Bertz CT molecular complexity index is 244. The van der Waals surface area contributed by atoms with Crippen LogP contribution in [0.2, 0.25) is 0 Å². The van der Waals surface area contributed by atoms with Gasteiger partial charge in [-0.3, -0.25) is 0 Å². The Morgan fingerprint density at radius 1 is 1.06 bits per heavy atom. The fourth-order valence-corrected chi connectivity index (χ4v) is 2.90. The SMILES string of the molecule is O=C(NCC1CCCCCC1)N[C@H]1CCCOC1. The van der Waals surface area contributed by atoms with Gasteiger partial charge in [-0.25, -0.2) is 4.79 Å². The van der Waals surface area contributed by atoms with Gasteiger partial charge in [0.2, 0.25) is 0 Å². The van der Waals surface area contributed by atoms with Gasteiger partial charge < -0.3 is 15.4 Å². The molecule has 1 saturated heterocycles. The molecule has 2 N–H and O–H groups in total. The third kappa shape index (κ3) is 4.84. The van der Waals surface area contributed by atoms with Gasteiger partial charge in [-0.2, -0.15) is 0 Å². The highest BCUT2D eigenvalue weighted by Crippen LogP contribution is 2.21. The average molecular weight is 254 g/mol. The van der Waals surface area contributed by atoms with Crippen molar-refractivity contribution in [2.24, 2.45) is 5.92 Å². The standard InChI is InChI=1S/C14H26N2O2/c17-14(16-13-8-5-9-18-11-13)15-10-12-6-3-1-2-4-7-12/h12-13H,1-11H2,(H2,15,16,17)/t13-/m0/s1. The first kappa shape index (κ1) is 13.7. The topological polar surface area (TPSA) is 50.4 Å². The summed E-state index contributed by atoms with van der Waals surface area (Å²) in [6.45, 7) is 2.33. The molecule has 2 aliphatic rings. The molecule has 4 heteroatoms. The molecule has 2 fully saturated rings. The predicted octanol–water partition coefficient (Wildman–Crippen LogP) is 2.44. The maximum atomic E-state index is 11.8. The summed E-state index contributed by atoms with van der Waals surface area (Å²) >= 11 is 0. The van der Waals surface area contributed by atoms with Gasteiger partial charge in [0.05, 0.1) is 12.6 Å². The van der Waals surface area contributed by atoms with Crippen molar-refractivity contribution in [2.45, 2.75) is 57.4 Å². The number of carbonyl (C=O) groups is 1. The van der Waals surface area contributed by atoms with Crippen LogP contribution < -0.4 is 10.6 Å². The normalized spacial score (nSPS) is 26.3. The molecule has 1 heterocycles. The van der Waals surface area contributed by atoms with E-state index in [2.05, 4.69) is 10.6 Å². The summed E-state index contributed by atoms with van der Waals surface area (Å²) in [5.41, 5.74) is 0. The van der Waals surface area contributed by atoms with Gasteiger partial charge in [0.15, 0.2) is 0 Å². The first-order valence-electron chi connectivity index (χ1n) is 7.46. The van der Waals surface area contributed by atoms with E-state index in [1.807, 2.05) is 0 Å². The minimum absolute atomic E-state index is 0.0188. The second kappa shape index (κ2) is 7.62. The molecule has 18 heavy (non-hydrogen) atoms. The number of ether oxygens (including phenoxy) is 1. The maximum absolute atomic E-state index is 11.8. The van der Waals surface area contributed by atoms with Crippen LogP contribution in [-0.2, 0) is 4.74 Å². The zero-order valence-corrected chi connectivity index (χ0v) is 11.2. The van der Waals surface area contributed by atoms with Gasteiger partial charge in [0.25, 0.3) is 0 Å². The summed E-state index contributed by atoms with van der Waals surface area (Å²) in [4.78, 5) is 11.8. The van der Waals surface area contributed by atoms with Crippen LogP contribution in [0, 0.1) is 5.92 Å². The number of rotatable bonds is 3. The van der Waals surface area contributed by atoms with E-state index in [0.29, 0.717) is 12.5 Å². The van der Waals surface area contributed by atoms with Crippen molar-refractivity contribution in [3.63, 3.8) is 0 Å². The van der Waals surface area contributed by atoms with E-state index in [0.717, 1.165) is 26.0 Å². The fraction of sp³-hybridized carbons (Fsp3) is 0.929. The molecule has 0 aromatic carbocycles. The van der Waals surface area contributed by atoms with Gasteiger partial charge in [-0.1, -0.05) is 25.7 Å². The molecular weight excluding hydrogens is 228 g/mol. The highest BCUT2D eigenvalue weighted by molar-refractivity contribution is 5.74. The first-order valence-corrected chi connectivity index (χ1v) is 7.46. The minimum Gasteiger partial charge on any atom is -0.379 e. The van der Waals surface area contributed by atoms with E-state index < -0.39 is 0 Å². The Labute approximate surface area is 110 Å². The Hall–Kier alpha value is -0.770. The Balaban J connectivity index is 1.61. The Kier molecular flexibility index (Phi) is 5.78. The van der Waals surface area contributed by atoms with Crippen molar-refractivity contribution in [1.82, 2.24) is 10.6 Å². The Morgan fingerprint density at radius 3 is 2.50 bits per heavy atom. The molecule has 1 atom stereocenters. The van der Waals surface area contributed by atoms with Crippen molar-refractivity contribution in [2.75, 3.05) is 19.8 Å². The van der Waals surface area contributed by atoms with Crippen LogP contribution in [0.1, 0.15) is 51.4 Å². The second-order valence-corrected chi connectivity index (χ2v) is 5.63. The summed E-state index contributed by atoms with van der Waals surface area (Å²) < 4.78 is 5.35. The number of hydrogen-bond donors (Lipinski definition) is 2. The van der Waals surface area contributed by atoms with E-state index in [4.69, 9.17) is 4.74 Å². The molecule has 0 aromatic rings. The summed E-state index contributed by atoms with van der Waals surface area (Å²) in [5, 5.41) is 6.02. The summed E-state index contributed by atoms with van der Waals surface area (Å²) in [6.07, 6.45) is 10.0. The van der Waals surface area contributed by atoms with Crippen molar-refractivity contribution in [3.8, 4) is 0 Å². The van der Waals surface area contributed by atoms with E-state index >= 15 is 0 Å². The van der Waals surface area contributed by atoms with Gasteiger partial charge in [0, 0.05) is 13.2 Å². The Morgan fingerprint density at radius 2 is 1.83 bits per heavy atom. The lowest BCUT2D eigenvalue weighted by atomic mass is 10.0. The number of amides is 2. The van der Waals surface area contributed by atoms with E-state index in [1.165, 1.54) is 38.5 Å². The zero-order chi connectivity index (χ0) is 12.6. The molecule has 0 unspecified atom stereocenters. The third-order valence-electron chi connectivity index (χ3n) is 4.02. The van der Waals surface area contributed by atoms with Gasteiger partial charge in [-0.05, 0) is 31.6 Å². The van der Waals surface area contributed by atoms with Crippen LogP contribution in [0.3, 0.4) is 0 Å². The number of nitrogens with one attached hydrogen (secondary N) is 2. The van der Waals surface area contributed by atoms with Crippen LogP contribution >= 0.6 is 0 Å². The summed E-state index contributed by atoms with van der Waals surface area (Å²) in [6, 6.07) is 0.183. The summed E-state index contributed by atoms with van der Waals surface area (Å²) in [5.74, 6) is 0.681. The average Bonchev–Trinajstić information content (AvgIpc) is 2.66. The number of hydrogen-bond acceptors (Lipinski definition) is 2. The lowest BCUT2D eigenvalue weighted by Gasteiger charge is -2.24. The summed E-state index contributed by atoms with van der Waals surface area (Å²) in [7, 11) is 0. The zero-order valence-electron chi connectivity index (χ0n) is 11.2. The van der Waals surface area contributed by atoms with Crippen molar-refractivity contribution in [1.29, 1.82) is 0 Å². The monoisotopic (exact) mass is 254 g/mol. The van der Waals surface area contributed by atoms with Gasteiger partial charge >= 0.3 is 6.03 Å². The molecule has 0 aromatic heterocycles. The molecule has 1 saturated carbocycles. The van der Waals surface area contributed by atoms with Crippen molar-refractivity contribution < 1.29 is 9.53 Å². The van der Waals surface area contributed by atoms with Crippen molar-refractivity contribution >= 4 is 6.03 Å². The molecule has 0 radical (unpaired) electrons. The number of carbonyl (C=O) groups excluding carboxylic acids is 1. The van der Waals surface area contributed by atoms with Crippen molar-refractivity contribution in [3.05, 3.63) is 0 Å². The van der Waals surface area contributed by atoms with Crippen LogP contribution in [-0.4, -0.2) is 31.8 Å².